The molecule has 2 rings (SSSR count). The molecule has 1 aromatic rings. The topological polar surface area (TPSA) is 103 Å². The van der Waals surface area contributed by atoms with Crippen molar-refractivity contribution in [1.29, 1.82) is 0 Å². The molecule has 1 heterocycles. The first kappa shape index (κ1) is 15.0. The molecule has 0 spiro atoms. The lowest BCUT2D eigenvalue weighted by Gasteiger charge is -2.25. The Labute approximate surface area is 125 Å². The van der Waals surface area contributed by atoms with Gasteiger partial charge in [-0.3, -0.25) is 15.6 Å². The number of amides is 1. The zero-order valence-corrected chi connectivity index (χ0v) is 11.9. The summed E-state index contributed by atoms with van der Waals surface area (Å²) in [6.45, 7) is 1.34. The van der Waals surface area contributed by atoms with Gasteiger partial charge in [0.2, 0.25) is 5.91 Å². The number of carboxylic acid groups (broad SMARTS) is 1. The second kappa shape index (κ2) is 6.36. The Morgan fingerprint density at radius 2 is 2.00 bits per heavy atom. The first-order valence-corrected chi connectivity index (χ1v) is 6.51. The molecule has 0 radical (unpaired) electrons. The number of hydrogen-bond donors (Lipinski definition) is 3. The van der Waals surface area contributed by atoms with Crippen LogP contribution in [0.3, 0.4) is 0 Å². The third kappa shape index (κ3) is 3.79. The zero-order chi connectivity index (χ0) is 15.4. The number of amidine groups is 1. The number of rotatable bonds is 3. The Kier molecular flexibility index (Phi) is 4.54. The van der Waals surface area contributed by atoms with Crippen LogP contribution in [0.1, 0.15) is 24.8 Å². The monoisotopic (exact) mass is 308 g/mol. The Hall–Kier alpha value is -2.41. The molecular weight excluding hydrogens is 296 g/mol. The molecule has 8 heteroatoms. The number of hydrazine groups is 1. The molecule has 1 amide bonds. The molecule has 1 aliphatic heterocycles. The Morgan fingerprint density at radius 1 is 1.33 bits per heavy atom. The van der Waals surface area contributed by atoms with E-state index < -0.39 is 5.97 Å². The predicted octanol–water partition coefficient (Wildman–Crippen LogP) is 1.31. The average Bonchev–Trinajstić information content (AvgIpc) is 2.46. The fourth-order valence-electron chi connectivity index (χ4n) is 1.79. The van der Waals surface area contributed by atoms with Gasteiger partial charge in [-0.1, -0.05) is 23.7 Å². The van der Waals surface area contributed by atoms with Gasteiger partial charge in [-0.05, 0) is 24.6 Å². The Balaban J connectivity index is 2.31. The molecule has 0 aromatic heterocycles. The molecule has 7 nitrogen and oxygen atoms in total. The molecule has 110 valence electrons. The maximum absolute atomic E-state index is 11.5. The van der Waals surface area contributed by atoms with Crippen LogP contribution in [0, 0.1) is 0 Å². The summed E-state index contributed by atoms with van der Waals surface area (Å²) in [5, 5.41) is 16.9. The van der Waals surface area contributed by atoms with Gasteiger partial charge >= 0.3 is 5.97 Å². The summed E-state index contributed by atoms with van der Waals surface area (Å²) in [5.41, 5.74) is 5.77. The van der Waals surface area contributed by atoms with E-state index in [4.69, 9.17) is 16.7 Å². The molecule has 0 bridgehead atoms. The summed E-state index contributed by atoms with van der Waals surface area (Å²) < 4.78 is 0. The van der Waals surface area contributed by atoms with Crippen molar-refractivity contribution in [2.75, 3.05) is 0 Å². The van der Waals surface area contributed by atoms with E-state index in [2.05, 4.69) is 21.1 Å². The highest BCUT2D eigenvalue weighted by atomic mass is 35.5. The number of nitrogens with one attached hydrogen (secondary N) is 2. The van der Waals surface area contributed by atoms with Crippen molar-refractivity contribution in [2.45, 2.75) is 19.3 Å². The molecule has 1 atom stereocenters. The highest BCUT2D eigenvalue weighted by Gasteiger charge is 2.27. The SMILES string of the molecule is C/C(=N/N=C1\NNC(=O)CC1c1ccc(Cl)cc1)C(=O)O. The zero-order valence-electron chi connectivity index (χ0n) is 11.1. The number of aliphatic carboxylic acids is 1. The minimum Gasteiger partial charge on any atom is -0.477 e. The van der Waals surface area contributed by atoms with Gasteiger partial charge in [-0.15, -0.1) is 10.2 Å². The van der Waals surface area contributed by atoms with Crippen LogP contribution in [0.5, 0.6) is 0 Å². The van der Waals surface area contributed by atoms with Gasteiger partial charge in [0.25, 0.3) is 0 Å². The number of carboxylic acids is 1. The maximum atomic E-state index is 11.5. The number of nitrogens with zero attached hydrogens (tertiary/aromatic N) is 2. The van der Waals surface area contributed by atoms with E-state index in [-0.39, 0.29) is 24.0 Å². The quantitative estimate of drug-likeness (QED) is 0.578. The molecule has 21 heavy (non-hydrogen) atoms. The minimum atomic E-state index is -1.15. The number of carbonyl (C=O) groups excluding carboxylic acids is 1. The van der Waals surface area contributed by atoms with Crippen molar-refractivity contribution in [3.05, 3.63) is 34.9 Å². The van der Waals surface area contributed by atoms with Crippen LogP contribution in [0.25, 0.3) is 0 Å². The first-order valence-electron chi connectivity index (χ1n) is 6.13. The lowest BCUT2D eigenvalue weighted by atomic mass is 9.93. The van der Waals surface area contributed by atoms with Crippen LogP contribution in [-0.2, 0) is 9.59 Å². The molecule has 1 unspecified atom stereocenters. The minimum absolute atomic E-state index is 0.143. The molecule has 3 N–H and O–H groups in total. The van der Waals surface area contributed by atoms with Crippen molar-refractivity contribution >= 4 is 35.0 Å². The second-order valence-electron chi connectivity index (χ2n) is 4.46. The van der Waals surface area contributed by atoms with E-state index in [0.717, 1.165) is 5.56 Å². The van der Waals surface area contributed by atoms with Crippen LogP contribution in [0.4, 0.5) is 0 Å². The molecule has 0 saturated carbocycles. The average molecular weight is 309 g/mol. The lowest BCUT2D eigenvalue weighted by Crippen LogP contribution is -2.50. The van der Waals surface area contributed by atoms with Gasteiger partial charge < -0.3 is 5.11 Å². The van der Waals surface area contributed by atoms with E-state index in [1.54, 1.807) is 24.3 Å². The van der Waals surface area contributed by atoms with Crippen LogP contribution in [0.2, 0.25) is 5.02 Å². The second-order valence-corrected chi connectivity index (χ2v) is 4.89. The summed E-state index contributed by atoms with van der Waals surface area (Å²) in [4.78, 5) is 22.2. The van der Waals surface area contributed by atoms with Crippen LogP contribution in [-0.4, -0.2) is 28.5 Å². The van der Waals surface area contributed by atoms with Gasteiger partial charge in [0, 0.05) is 11.4 Å². The van der Waals surface area contributed by atoms with Gasteiger partial charge in [-0.25, -0.2) is 4.79 Å². The van der Waals surface area contributed by atoms with Crippen molar-refractivity contribution < 1.29 is 14.7 Å². The van der Waals surface area contributed by atoms with Crippen molar-refractivity contribution in [2.24, 2.45) is 10.2 Å². The summed E-state index contributed by atoms with van der Waals surface area (Å²) in [6.07, 6.45) is 0.190. The number of halogens is 1. The fourth-order valence-corrected chi connectivity index (χ4v) is 1.92. The lowest BCUT2D eigenvalue weighted by molar-refractivity contribution is -0.129. The standard InChI is InChI=1S/C13H13ClN4O3/c1-7(13(20)21)15-17-12-10(6-11(19)16-18-12)8-2-4-9(14)5-3-8/h2-5,10H,6H2,1H3,(H,16,19)(H,17,18)(H,20,21)/b15-7-. The molecule has 1 aliphatic rings. The van der Waals surface area contributed by atoms with Gasteiger partial charge in [-0.2, -0.15) is 0 Å². The Bertz CT molecular complexity index is 625. The third-order valence-electron chi connectivity index (χ3n) is 2.94. The summed E-state index contributed by atoms with van der Waals surface area (Å²) in [7, 11) is 0. The van der Waals surface area contributed by atoms with E-state index in [0.29, 0.717) is 10.9 Å². The molecule has 0 aliphatic carbocycles. The summed E-state index contributed by atoms with van der Waals surface area (Å²) in [5.74, 6) is -1.30. The predicted molar refractivity (Wildman–Crippen MR) is 78.3 cm³/mol. The van der Waals surface area contributed by atoms with Crippen molar-refractivity contribution in [3.8, 4) is 0 Å². The maximum Gasteiger partial charge on any atom is 0.351 e. The molecule has 1 fully saturated rings. The number of carbonyl (C=O) groups is 2. The molecule has 1 saturated heterocycles. The van der Waals surface area contributed by atoms with Crippen LogP contribution in [0.15, 0.2) is 34.5 Å². The molecule has 1 aromatic carbocycles. The van der Waals surface area contributed by atoms with E-state index in [1.165, 1.54) is 6.92 Å². The van der Waals surface area contributed by atoms with Crippen LogP contribution < -0.4 is 10.9 Å². The summed E-state index contributed by atoms with van der Waals surface area (Å²) in [6, 6.07) is 7.01. The van der Waals surface area contributed by atoms with Crippen LogP contribution >= 0.6 is 11.6 Å². The first-order chi connectivity index (χ1) is 9.97. The number of benzene rings is 1. The number of hydrogen-bond acceptors (Lipinski definition) is 4. The normalized spacial score (nSPS) is 20.9. The largest absolute Gasteiger partial charge is 0.477 e. The smallest absolute Gasteiger partial charge is 0.351 e. The van der Waals surface area contributed by atoms with Crippen molar-refractivity contribution in [1.82, 2.24) is 10.9 Å². The third-order valence-corrected chi connectivity index (χ3v) is 3.19. The highest BCUT2D eigenvalue weighted by molar-refractivity contribution is 6.34. The van der Waals surface area contributed by atoms with Gasteiger partial charge in [0.15, 0.2) is 5.84 Å². The highest BCUT2D eigenvalue weighted by Crippen LogP contribution is 2.24. The molecular formula is C13H13ClN4O3. The summed E-state index contributed by atoms with van der Waals surface area (Å²) >= 11 is 5.84. The Morgan fingerprint density at radius 3 is 2.62 bits per heavy atom. The van der Waals surface area contributed by atoms with Gasteiger partial charge in [0.1, 0.15) is 5.71 Å². The van der Waals surface area contributed by atoms with Crippen molar-refractivity contribution in [3.63, 3.8) is 0 Å². The van der Waals surface area contributed by atoms with Gasteiger partial charge in [0.05, 0.1) is 5.92 Å². The van der Waals surface area contributed by atoms with E-state index in [9.17, 15) is 9.59 Å². The fraction of sp³-hybridized carbons (Fsp3) is 0.231. The van der Waals surface area contributed by atoms with E-state index in [1.807, 2.05) is 0 Å². The van der Waals surface area contributed by atoms with E-state index >= 15 is 0 Å².